The van der Waals surface area contributed by atoms with E-state index in [-0.39, 0.29) is 19.3 Å². The monoisotopic (exact) mass is 467 g/mol. The van der Waals surface area contributed by atoms with Crippen LogP contribution in [0.5, 0.6) is 5.75 Å². The summed E-state index contributed by atoms with van der Waals surface area (Å²) < 4.78 is 15.4. The zero-order valence-electron chi connectivity index (χ0n) is 18.9. The minimum Gasteiger partial charge on any atom is -0.489 e. The van der Waals surface area contributed by atoms with Crippen molar-refractivity contribution >= 4 is 29.7 Å². The van der Waals surface area contributed by atoms with Gasteiger partial charge < -0.3 is 24.2 Å². The predicted octanol–water partition coefficient (Wildman–Crippen LogP) is 3.35. The van der Waals surface area contributed by atoms with Gasteiger partial charge in [0.05, 0.1) is 32.8 Å². The number of oxime groups is 1. The molecule has 1 N–H and O–H groups in total. The van der Waals surface area contributed by atoms with E-state index in [2.05, 4.69) is 5.16 Å². The molecule has 3 rings (SSSR count). The van der Waals surface area contributed by atoms with E-state index in [4.69, 9.17) is 24.2 Å². The van der Waals surface area contributed by atoms with Crippen LogP contribution in [0.4, 0.5) is 0 Å². The molecule has 0 fully saturated rings. The van der Waals surface area contributed by atoms with Gasteiger partial charge in [0.2, 0.25) is 0 Å². The lowest BCUT2D eigenvalue weighted by Crippen LogP contribution is -2.36. The molecule has 34 heavy (non-hydrogen) atoms. The second-order valence-electron chi connectivity index (χ2n) is 7.69. The highest BCUT2D eigenvalue weighted by molar-refractivity contribution is 6.05. The first-order valence-electron chi connectivity index (χ1n) is 10.4. The van der Waals surface area contributed by atoms with Crippen molar-refractivity contribution in [1.82, 2.24) is 0 Å². The van der Waals surface area contributed by atoms with E-state index in [0.717, 1.165) is 11.6 Å². The Labute approximate surface area is 196 Å². The van der Waals surface area contributed by atoms with Gasteiger partial charge in [-0.2, -0.15) is 0 Å². The molecule has 0 atom stereocenters. The Balaban J connectivity index is 1.90. The molecule has 1 heterocycles. The molecule has 0 spiro atoms. The van der Waals surface area contributed by atoms with Crippen LogP contribution in [-0.2, 0) is 35.3 Å². The molecular formula is C25H25NO8. The van der Waals surface area contributed by atoms with Gasteiger partial charge in [0.25, 0.3) is 0 Å². The Morgan fingerprint density at radius 3 is 2.35 bits per heavy atom. The summed E-state index contributed by atoms with van der Waals surface area (Å²) in [6, 6.07) is 14.8. The number of carbonyl (C=O) groups is 3. The first-order chi connectivity index (χ1) is 16.3. The summed E-state index contributed by atoms with van der Waals surface area (Å²) in [5.41, 5.74) is 1.26. The van der Waals surface area contributed by atoms with Crippen LogP contribution in [0.25, 0.3) is 6.08 Å². The first kappa shape index (κ1) is 24.5. The van der Waals surface area contributed by atoms with E-state index in [9.17, 15) is 14.4 Å². The van der Waals surface area contributed by atoms with Gasteiger partial charge in [-0.3, -0.25) is 9.59 Å². The second kappa shape index (κ2) is 11.1. The van der Waals surface area contributed by atoms with Crippen LogP contribution in [0, 0.1) is 0 Å². The summed E-state index contributed by atoms with van der Waals surface area (Å²) in [6.07, 6.45) is 2.12. The molecular weight excluding hydrogens is 442 g/mol. The highest BCUT2D eigenvalue weighted by Crippen LogP contribution is 2.36. The lowest BCUT2D eigenvalue weighted by atomic mass is 9.87. The normalized spacial score (nSPS) is 14.2. The first-order valence-corrected chi connectivity index (χ1v) is 10.4. The lowest BCUT2D eigenvalue weighted by Gasteiger charge is -2.24. The van der Waals surface area contributed by atoms with Crippen LogP contribution >= 0.6 is 0 Å². The van der Waals surface area contributed by atoms with Gasteiger partial charge in [0.15, 0.2) is 5.60 Å². The number of methoxy groups -OCH3 is 2. The largest absolute Gasteiger partial charge is 0.489 e. The Morgan fingerprint density at radius 1 is 1.06 bits per heavy atom. The van der Waals surface area contributed by atoms with Crippen LogP contribution in [-0.4, -0.2) is 48.5 Å². The average Bonchev–Trinajstić information content (AvgIpc) is 3.25. The van der Waals surface area contributed by atoms with Crippen molar-refractivity contribution < 1.29 is 38.5 Å². The fourth-order valence-corrected chi connectivity index (χ4v) is 3.51. The third-order valence-corrected chi connectivity index (χ3v) is 5.22. The molecule has 1 aliphatic rings. The fourth-order valence-electron chi connectivity index (χ4n) is 3.51. The van der Waals surface area contributed by atoms with Gasteiger partial charge in [-0.25, -0.2) is 4.79 Å². The molecule has 9 nitrogen and oxygen atoms in total. The van der Waals surface area contributed by atoms with Crippen molar-refractivity contribution in [2.24, 2.45) is 5.16 Å². The minimum atomic E-state index is -1.27. The van der Waals surface area contributed by atoms with Gasteiger partial charge in [0, 0.05) is 18.1 Å². The van der Waals surface area contributed by atoms with Crippen LogP contribution in [0.15, 0.2) is 59.8 Å². The van der Waals surface area contributed by atoms with Crippen molar-refractivity contribution in [1.29, 1.82) is 0 Å². The van der Waals surface area contributed by atoms with Crippen molar-refractivity contribution in [3.8, 4) is 5.75 Å². The van der Waals surface area contributed by atoms with E-state index < -0.39 is 23.5 Å². The van der Waals surface area contributed by atoms with Crippen molar-refractivity contribution in [2.75, 3.05) is 14.2 Å². The maximum Gasteiger partial charge on any atom is 0.328 e. The van der Waals surface area contributed by atoms with Gasteiger partial charge in [-0.05, 0) is 29.3 Å². The Bertz CT molecular complexity index is 1090. The number of carboxylic acids is 1. The molecule has 178 valence electrons. The quantitative estimate of drug-likeness (QED) is 0.417. The molecule has 0 aliphatic carbocycles. The van der Waals surface area contributed by atoms with Crippen molar-refractivity contribution in [3.63, 3.8) is 0 Å². The zero-order chi connectivity index (χ0) is 24.6. The molecule has 0 saturated heterocycles. The number of rotatable bonds is 10. The Morgan fingerprint density at radius 2 is 1.74 bits per heavy atom. The van der Waals surface area contributed by atoms with E-state index in [0.29, 0.717) is 29.2 Å². The average molecular weight is 467 g/mol. The molecule has 0 amide bonds. The van der Waals surface area contributed by atoms with Gasteiger partial charge in [0.1, 0.15) is 12.4 Å². The van der Waals surface area contributed by atoms with E-state index in [1.165, 1.54) is 20.3 Å². The third kappa shape index (κ3) is 6.44. The van der Waals surface area contributed by atoms with Crippen LogP contribution in [0.2, 0.25) is 0 Å². The van der Waals surface area contributed by atoms with E-state index >= 15 is 0 Å². The van der Waals surface area contributed by atoms with Gasteiger partial charge in [-0.15, -0.1) is 0 Å². The predicted molar refractivity (Wildman–Crippen MR) is 122 cm³/mol. The van der Waals surface area contributed by atoms with Crippen LogP contribution < -0.4 is 4.74 Å². The molecule has 0 aromatic heterocycles. The lowest BCUT2D eigenvalue weighted by molar-refractivity contribution is -0.155. The zero-order valence-corrected chi connectivity index (χ0v) is 18.9. The SMILES string of the molecule is COC(=O)CC1(CC(=O)OC)CC(c2cc(OCc3ccccc3)ccc2C=CC(=O)O)=NO1. The van der Waals surface area contributed by atoms with Crippen molar-refractivity contribution in [2.45, 2.75) is 31.5 Å². The maximum atomic E-state index is 12.0. The topological polar surface area (TPSA) is 121 Å². The minimum absolute atomic E-state index is 0.104. The number of esters is 2. The van der Waals surface area contributed by atoms with Gasteiger partial charge >= 0.3 is 17.9 Å². The highest BCUT2D eigenvalue weighted by atomic mass is 16.7. The van der Waals surface area contributed by atoms with Crippen molar-refractivity contribution in [3.05, 3.63) is 71.3 Å². The standard InChI is InChI=1S/C25H25NO8/c1-31-23(29)14-25(15-24(30)32-2)13-21(26-34-25)20-12-19(10-8-18(20)9-11-22(27)28)33-16-17-6-4-3-5-7-17/h3-12H,13-16H2,1-2H3,(H,27,28). The molecule has 0 radical (unpaired) electrons. The highest BCUT2D eigenvalue weighted by Gasteiger charge is 2.44. The number of benzene rings is 2. The van der Waals surface area contributed by atoms with E-state index in [1.807, 2.05) is 30.3 Å². The number of aliphatic carboxylic acids is 1. The number of carboxylic acid groups (broad SMARTS) is 1. The number of hydrogen-bond acceptors (Lipinski definition) is 8. The summed E-state index contributed by atoms with van der Waals surface area (Å²) >= 11 is 0. The van der Waals surface area contributed by atoms with E-state index in [1.54, 1.807) is 18.2 Å². The number of carbonyl (C=O) groups excluding carboxylic acids is 2. The number of ether oxygens (including phenoxy) is 3. The smallest absolute Gasteiger partial charge is 0.328 e. The number of nitrogens with zero attached hydrogens (tertiary/aromatic N) is 1. The summed E-state index contributed by atoms with van der Waals surface area (Å²) in [6.45, 7) is 0.336. The summed E-state index contributed by atoms with van der Waals surface area (Å²) in [5, 5.41) is 13.2. The summed E-state index contributed by atoms with van der Waals surface area (Å²) in [4.78, 5) is 40.7. The fraction of sp³-hybridized carbons (Fsp3) is 0.280. The molecule has 0 bridgehead atoms. The summed E-state index contributed by atoms with van der Waals surface area (Å²) in [7, 11) is 2.49. The molecule has 0 unspecified atom stereocenters. The third-order valence-electron chi connectivity index (χ3n) is 5.22. The molecule has 2 aromatic carbocycles. The van der Waals surface area contributed by atoms with Crippen LogP contribution in [0.3, 0.4) is 0 Å². The molecule has 1 aliphatic heterocycles. The Hall–Kier alpha value is -4.14. The molecule has 9 heteroatoms. The Kier molecular flexibility index (Phi) is 8.02. The molecule has 2 aromatic rings. The van der Waals surface area contributed by atoms with Gasteiger partial charge in [-0.1, -0.05) is 41.6 Å². The molecule has 0 saturated carbocycles. The van der Waals surface area contributed by atoms with Crippen LogP contribution in [0.1, 0.15) is 36.0 Å². The second-order valence-corrected chi connectivity index (χ2v) is 7.69. The summed E-state index contributed by atoms with van der Waals surface area (Å²) in [5.74, 6) is -1.70. The maximum absolute atomic E-state index is 12.0. The number of hydrogen-bond donors (Lipinski definition) is 1.